The van der Waals surface area contributed by atoms with Crippen LogP contribution in [-0.4, -0.2) is 71.0 Å². The van der Waals surface area contributed by atoms with E-state index in [2.05, 4.69) is 38.0 Å². The van der Waals surface area contributed by atoms with Crippen LogP contribution in [0.3, 0.4) is 0 Å². The number of urea groups is 1. The molecule has 0 spiro atoms. The number of carbonyl (C=O) groups excluding carboxylic acids is 2. The maximum atomic E-state index is 12.7. The quantitative estimate of drug-likeness (QED) is 0.318. The fourth-order valence-electron chi connectivity index (χ4n) is 3.04. The van der Waals surface area contributed by atoms with Crippen molar-refractivity contribution in [3.05, 3.63) is 52.5 Å². The Hall–Kier alpha value is -3.07. The Bertz CT molecular complexity index is 980. The van der Waals surface area contributed by atoms with Gasteiger partial charge in [-0.05, 0) is 40.1 Å². The molecule has 0 radical (unpaired) electrons. The van der Waals surface area contributed by atoms with Crippen LogP contribution in [0.15, 0.2) is 57.1 Å². The van der Waals surface area contributed by atoms with E-state index in [1.807, 2.05) is 43.3 Å². The molecular formula is C20H22BrN6O2+. The smallest absolute Gasteiger partial charge is 0.270 e. The average molecular weight is 458 g/mol. The van der Waals surface area contributed by atoms with Crippen molar-refractivity contribution in [2.24, 2.45) is 10.1 Å². The topological polar surface area (TPSA) is 80.4 Å². The minimum atomic E-state index is -0.694. The van der Waals surface area contributed by atoms with Crippen LogP contribution in [0, 0.1) is 0 Å². The van der Waals surface area contributed by atoms with Gasteiger partial charge in [0.25, 0.3) is 5.91 Å². The first-order chi connectivity index (χ1) is 13.8. The van der Waals surface area contributed by atoms with Gasteiger partial charge < -0.3 is 0 Å². The summed E-state index contributed by atoms with van der Waals surface area (Å²) < 4.78 is 2.51. The molecule has 150 valence electrons. The number of imide groups is 1. The van der Waals surface area contributed by atoms with Crippen LogP contribution in [0.25, 0.3) is 6.08 Å². The maximum Gasteiger partial charge on any atom is 0.414 e. The number of benzene rings is 1. The van der Waals surface area contributed by atoms with Gasteiger partial charge in [0.15, 0.2) is 0 Å². The number of nitrogens with zero attached hydrogens (tertiary/aromatic N) is 5. The number of amidine groups is 1. The zero-order chi connectivity index (χ0) is 21.1. The van der Waals surface area contributed by atoms with Gasteiger partial charge >= 0.3 is 12.0 Å². The number of hydrogen-bond acceptors (Lipinski definition) is 5. The molecule has 1 saturated heterocycles. The van der Waals surface area contributed by atoms with E-state index in [1.54, 1.807) is 17.8 Å². The third kappa shape index (κ3) is 4.34. The van der Waals surface area contributed by atoms with Gasteiger partial charge in [-0.1, -0.05) is 41.9 Å². The van der Waals surface area contributed by atoms with Crippen LogP contribution in [0.2, 0.25) is 0 Å². The first-order valence-electron chi connectivity index (χ1n) is 8.92. The van der Waals surface area contributed by atoms with Crippen LogP contribution in [0.5, 0.6) is 0 Å². The predicted molar refractivity (Wildman–Crippen MR) is 117 cm³/mol. The number of allylic oxidation sites excluding steroid dienone is 1. The third-order valence-corrected chi connectivity index (χ3v) is 4.86. The molecule has 9 heteroatoms. The van der Waals surface area contributed by atoms with Crippen molar-refractivity contribution in [2.45, 2.75) is 13.0 Å². The lowest BCUT2D eigenvalue weighted by Gasteiger charge is -2.31. The minimum Gasteiger partial charge on any atom is -0.270 e. The second-order valence-electron chi connectivity index (χ2n) is 6.83. The Morgan fingerprint density at radius 1 is 1.31 bits per heavy atom. The van der Waals surface area contributed by atoms with Gasteiger partial charge in [-0.15, -0.1) is 5.10 Å². The fraction of sp³-hybridized carbons (Fsp3) is 0.250. The molecule has 2 aliphatic heterocycles. The second-order valence-corrected chi connectivity index (χ2v) is 7.75. The maximum absolute atomic E-state index is 12.7. The van der Waals surface area contributed by atoms with E-state index < -0.39 is 12.1 Å². The minimum absolute atomic E-state index is 0.334. The van der Waals surface area contributed by atoms with Crippen LogP contribution in [0.1, 0.15) is 12.5 Å². The van der Waals surface area contributed by atoms with Gasteiger partial charge in [0.05, 0.1) is 12.8 Å². The van der Waals surface area contributed by atoms with Crippen molar-refractivity contribution in [3.8, 4) is 0 Å². The van der Waals surface area contributed by atoms with Gasteiger partial charge in [0.2, 0.25) is 11.9 Å². The highest BCUT2D eigenvalue weighted by Crippen LogP contribution is 2.19. The molecule has 0 aliphatic carbocycles. The Morgan fingerprint density at radius 2 is 2.00 bits per heavy atom. The van der Waals surface area contributed by atoms with E-state index in [1.165, 1.54) is 11.9 Å². The van der Waals surface area contributed by atoms with E-state index in [0.717, 1.165) is 20.5 Å². The molecule has 1 atom stereocenters. The number of nitrogens with one attached hydrogen (secondary N) is 1. The molecule has 0 saturated carbocycles. The molecule has 1 aromatic rings. The highest BCUT2D eigenvalue weighted by atomic mass is 79.9. The normalized spacial score (nSPS) is 19.8. The number of carbonyl (C=O) groups is 2. The Labute approximate surface area is 177 Å². The molecule has 1 unspecified atom stereocenters. The lowest BCUT2D eigenvalue weighted by Crippen LogP contribution is -2.61. The number of guanidine groups is 1. The summed E-state index contributed by atoms with van der Waals surface area (Å²) in [6.07, 6.45) is 3.52. The van der Waals surface area contributed by atoms with E-state index in [4.69, 9.17) is 0 Å². The Balaban J connectivity index is 1.85. The second kappa shape index (κ2) is 8.52. The standard InChI is InChI=1S/C20H21BrN6O2/c1-13(2)12-27-16-17(25(3)20(29)26(4)18(16)28)23-19(27)24-22-11-15(21)10-14-8-6-5-7-9-14/h5-11,16H,1,12H2,2-4H3/p+1/b15-10-,22-11+. The molecule has 3 rings (SSSR count). The monoisotopic (exact) mass is 457 g/mol. The SMILES string of the molecule is C=C(C)C[N+]1=C(N/N=C/C(Br)=C/c2ccccc2)N=C2C1C(=O)N(C)C(=O)N2C. The van der Waals surface area contributed by atoms with E-state index in [-0.39, 0.29) is 5.91 Å². The van der Waals surface area contributed by atoms with E-state index in [0.29, 0.717) is 18.3 Å². The van der Waals surface area contributed by atoms with Crippen molar-refractivity contribution in [1.29, 1.82) is 0 Å². The van der Waals surface area contributed by atoms with Crippen molar-refractivity contribution in [2.75, 3.05) is 20.6 Å². The molecule has 1 N–H and O–H groups in total. The summed E-state index contributed by atoms with van der Waals surface area (Å²) in [6.45, 7) is 6.20. The van der Waals surface area contributed by atoms with Crippen molar-refractivity contribution in [1.82, 2.24) is 15.2 Å². The van der Waals surface area contributed by atoms with Crippen LogP contribution in [-0.2, 0) is 4.79 Å². The number of hydrazone groups is 1. The number of hydrogen-bond donors (Lipinski definition) is 1. The zero-order valence-corrected chi connectivity index (χ0v) is 18.0. The molecule has 2 aliphatic rings. The first kappa shape index (κ1) is 20.7. The summed E-state index contributed by atoms with van der Waals surface area (Å²) in [7, 11) is 3.06. The number of rotatable bonds is 5. The van der Waals surface area contributed by atoms with Gasteiger partial charge in [-0.25, -0.2) is 9.37 Å². The summed E-state index contributed by atoms with van der Waals surface area (Å²) in [5, 5.41) is 4.22. The Kier molecular flexibility index (Phi) is 6.07. The van der Waals surface area contributed by atoms with Crippen LogP contribution >= 0.6 is 15.9 Å². The number of amides is 3. The van der Waals surface area contributed by atoms with Crippen molar-refractivity contribution in [3.63, 3.8) is 0 Å². The lowest BCUT2D eigenvalue weighted by molar-refractivity contribution is -0.529. The summed E-state index contributed by atoms with van der Waals surface area (Å²) in [6, 6.07) is 8.71. The zero-order valence-electron chi connectivity index (χ0n) is 16.5. The molecule has 1 aromatic carbocycles. The van der Waals surface area contributed by atoms with Gasteiger partial charge in [0.1, 0.15) is 0 Å². The van der Waals surface area contributed by atoms with Crippen molar-refractivity contribution < 1.29 is 14.2 Å². The van der Waals surface area contributed by atoms with Gasteiger partial charge in [-0.3, -0.25) is 14.6 Å². The van der Waals surface area contributed by atoms with Crippen LogP contribution < -0.4 is 5.43 Å². The van der Waals surface area contributed by atoms with Crippen molar-refractivity contribution >= 4 is 52.0 Å². The number of fused-ring (bicyclic) bond motifs is 1. The summed E-state index contributed by atoms with van der Waals surface area (Å²) in [5.74, 6) is 0.419. The molecule has 3 amide bonds. The molecule has 1 fully saturated rings. The molecular weight excluding hydrogens is 436 g/mol. The number of likely N-dealkylation sites (N-methyl/N-ethyl adjacent to an activating group) is 2. The summed E-state index contributed by atoms with van der Waals surface area (Å²) in [5.41, 5.74) is 4.77. The van der Waals surface area contributed by atoms with Crippen LogP contribution in [0.4, 0.5) is 4.79 Å². The average Bonchev–Trinajstić information content (AvgIpc) is 3.03. The molecule has 0 bridgehead atoms. The van der Waals surface area contributed by atoms with E-state index >= 15 is 0 Å². The number of aliphatic imine (C=N–C) groups is 1. The molecule has 2 heterocycles. The summed E-state index contributed by atoms with van der Waals surface area (Å²) >= 11 is 3.46. The highest BCUT2D eigenvalue weighted by molar-refractivity contribution is 9.12. The lowest BCUT2D eigenvalue weighted by atomic mass is 10.1. The van der Waals surface area contributed by atoms with Gasteiger partial charge in [0, 0.05) is 18.6 Å². The molecule has 8 nitrogen and oxygen atoms in total. The number of halogens is 1. The molecule has 29 heavy (non-hydrogen) atoms. The predicted octanol–water partition coefficient (Wildman–Crippen LogP) is 2.25. The Morgan fingerprint density at radius 3 is 2.66 bits per heavy atom. The molecule has 0 aromatic heterocycles. The fourth-order valence-corrected chi connectivity index (χ4v) is 3.41. The first-order valence-corrected chi connectivity index (χ1v) is 9.72. The highest BCUT2D eigenvalue weighted by Gasteiger charge is 2.51. The van der Waals surface area contributed by atoms with E-state index in [9.17, 15) is 9.59 Å². The van der Waals surface area contributed by atoms with Gasteiger partial charge in [-0.2, -0.15) is 5.43 Å². The summed E-state index contributed by atoms with van der Waals surface area (Å²) in [4.78, 5) is 31.9. The largest absolute Gasteiger partial charge is 0.414 e. The third-order valence-electron chi connectivity index (χ3n) is 4.43.